The van der Waals surface area contributed by atoms with E-state index >= 15 is 0 Å². The molecule has 0 aliphatic carbocycles. The third-order valence-corrected chi connectivity index (χ3v) is 6.51. The van der Waals surface area contributed by atoms with E-state index in [9.17, 15) is 12.8 Å². The molecule has 1 atom stereocenters. The van der Waals surface area contributed by atoms with Crippen molar-refractivity contribution in [1.82, 2.24) is 9.62 Å². The van der Waals surface area contributed by atoms with Crippen LogP contribution in [0.25, 0.3) is 0 Å². The van der Waals surface area contributed by atoms with Gasteiger partial charge < -0.3 is 4.74 Å². The molecule has 1 heterocycles. The summed E-state index contributed by atoms with van der Waals surface area (Å²) in [4.78, 5) is 1.99. The number of morpholine rings is 1. The second-order valence-electron chi connectivity index (χ2n) is 6.15. The topological polar surface area (TPSA) is 58.6 Å². The van der Waals surface area contributed by atoms with Crippen molar-refractivity contribution in [3.63, 3.8) is 0 Å². The summed E-state index contributed by atoms with van der Waals surface area (Å²) in [5.74, 6) is -0.593. The summed E-state index contributed by atoms with van der Waals surface area (Å²) in [7, 11) is -3.90. The van der Waals surface area contributed by atoms with Crippen molar-refractivity contribution in [3.8, 4) is 0 Å². The highest BCUT2D eigenvalue weighted by atomic mass is 35.5. The summed E-state index contributed by atoms with van der Waals surface area (Å²) in [6, 6.07) is 10.3. The molecule has 1 saturated heterocycles. The van der Waals surface area contributed by atoms with E-state index in [1.54, 1.807) is 6.07 Å². The highest BCUT2D eigenvalue weighted by Crippen LogP contribution is 2.26. The Hall–Kier alpha value is -1.22. The molecule has 0 spiro atoms. The first-order chi connectivity index (χ1) is 12.9. The lowest BCUT2D eigenvalue weighted by molar-refractivity contribution is 0.0172. The van der Waals surface area contributed by atoms with Crippen LogP contribution in [0.5, 0.6) is 0 Å². The van der Waals surface area contributed by atoms with Gasteiger partial charge in [-0.25, -0.2) is 17.5 Å². The van der Waals surface area contributed by atoms with Gasteiger partial charge in [0.15, 0.2) is 0 Å². The number of sulfonamides is 1. The molecule has 0 saturated carbocycles. The molecule has 0 amide bonds. The van der Waals surface area contributed by atoms with E-state index in [2.05, 4.69) is 9.62 Å². The number of benzene rings is 2. The maximum Gasteiger partial charge on any atom is 0.242 e. The molecule has 1 N–H and O–H groups in total. The van der Waals surface area contributed by atoms with Gasteiger partial charge in [-0.1, -0.05) is 35.3 Å². The third kappa shape index (κ3) is 5.19. The summed E-state index contributed by atoms with van der Waals surface area (Å²) in [5.41, 5.74) is 0.900. The minimum absolute atomic E-state index is 0.121. The first-order valence-electron chi connectivity index (χ1n) is 8.39. The van der Waals surface area contributed by atoms with Crippen molar-refractivity contribution < 1.29 is 17.5 Å². The highest BCUT2D eigenvalue weighted by Gasteiger charge is 2.26. The smallest absolute Gasteiger partial charge is 0.242 e. The number of hydrogen-bond donors (Lipinski definition) is 1. The molecule has 2 aromatic carbocycles. The predicted molar refractivity (Wildman–Crippen MR) is 103 cm³/mol. The Balaban J connectivity index is 1.83. The van der Waals surface area contributed by atoms with Crippen LogP contribution in [-0.2, 0) is 14.8 Å². The van der Waals surface area contributed by atoms with Crippen LogP contribution in [-0.4, -0.2) is 46.2 Å². The molecule has 0 bridgehead atoms. The average Bonchev–Trinajstić information content (AvgIpc) is 2.62. The molecule has 0 aromatic heterocycles. The molecule has 2 aromatic rings. The lowest BCUT2D eigenvalue weighted by atomic mass is 10.1. The summed E-state index contributed by atoms with van der Waals surface area (Å²) >= 11 is 12.0. The molecule has 0 radical (unpaired) electrons. The largest absolute Gasteiger partial charge is 0.379 e. The van der Waals surface area contributed by atoms with Crippen molar-refractivity contribution in [3.05, 3.63) is 63.9 Å². The lowest BCUT2D eigenvalue weighted by Gasteiger charge is -2.35. The van der Waals surface area contributed by atoms with Crippen molar-refractivity contribution in [1.29, 1.82) is 0 Å². The average molecular weight is 433 g/mol. The van der Waals surface area contributed by atoms with Crippen LogP contribution >= 0.6 is 23.2 Å². The van der Waals surface area contributed by atoms with E-state index < -0.39 is 15.8 Å². The zero-order valence-corrected chi connectivity index (χ0v) is 16.7. The van der Waals surface area contributed by atoms with Gasteiger partial charge in [0.1, 0.15) is 10.7 Å². The van der Waals surface area contributed by atoms with Crippen LogP contribution in [0.4, 0.5) is 4.39 Å². The minimum atomic E-state index is -3.90. The number of nitrogens with one attached hydrogen (secondary N) is 1. The van der Waals surface area contributed by atoms with E-state index in [0.717, 1.165) is 23.8 Å². The van der Waals surface area contributed by atoms with Crippen LogP contribution in [0.1, 0.15) is 11.6 Å². The molecule has 1 unspecified atom stereocenters. The maximum absolute atomic E-state index is 13.2. The quantitative estimate of drug-likeness (QED) is 0.758. The van der Waals surface area contributed by atoms with Crippen LogP contribution < -0.4 is 4.72 Å². The summed E-state index contributed by atoms with van der Waals surface area (Å²) in [5, 5.41) is 0.420. The molecule has 146 valence electrons. The Bertz CT molecular complexity index is 905. The molecular weight excluding hydrogens is 414 g/mol. The van der Waals surface area contributed by atoms with Crippen molar-refractivity contribution >= 4 is 33.2 Å². The molecular formula is C18H19Cl2FN2O3S. The van der Waals surface area contributed by atoms with Crippen LogP contribution in [0.3, 0.4) is 0 Å². The summed E-state index contributed by atoms with van der Waals surface area (Å²) in [6.07, 6.45) is 0. The van der Waals surface area contributed by atoms with Gasteiger partial charge >= 0.3 is 0 Å². The van der Waals surface area contributed by atoms with E-state index in [-0.39, 0.29) is 22.5 Å². The number of ether oxygens (including phenoxy) is 1. The number of nitrogens with zero attached hydrogens (tertiary/aromatic N) is 1. The van der Waals surface area contributed by atoms with Gasteiger partial charge in [0, 0.05) is 30.7 Å². The fourth-order valence-corrected chi connectivity index (χ4v) is 4.79. The molecule has 9 heteroatoms. The second kappa shape index (κ2) is 8.86. The Kier molecular flexibility index (Phi) is 6.73. The van der Waals surface area contributed by atoms with E-state index in [0.29, 0.717) is 31.3 Å². The zero-order valence-electron chi connectivity index (χ0n) is 14.4. The lowest BCUT2D eigenvalue weighted by Crippen LogP contribution is -2.43. The Morgan fingerprint density at radius 1 is 1.15 bits per heavy atom. The third-order valence-electron chi connectivity index (χ3n) is 4.37. The van der Waals surface area contributed by atoms with Gasteiger partial charge in [-0.2, -0.15) is 0 Å². The Morgan fingerprint density at radius 2 is 1.89 bits per heavy atom. The van der Waals surface area contributed by atoms with Gasteiger partial charge in [0.2, 0.25) is 10.0 Å². The first-order valence-corrected chi connectivity index (χ1v) is 10.6. The summed E-state index contributed by atoms with van der Waals surface area (Å²) in [6.45, 7) is 2.63. The van der Waals surface area contributed by atoms with Gasteiger partial charge in [-0.05, 0) is 35.9 Å². The Labute approximate surface area is 168 Å². The maximum atomic E-state index is 13.2. The molecule has 27 heavy (non-hydrogen) atoms. The van der Waals surface area contributed by atoms with E-state index in [1.807, 2.05) is 18.2 Å². The van der Waals surface area contributed by atoms with Crippen molar-refractivity contribution in [2.45, 2.75) is 10.9 Å². The van der Waals surface area contributed by atoms with E-state index in [4.69, 9.17) is 27.9 Å². The highest BCUT2D eigenvalue weighted by molar-refractivity contribution is 7.89. The second-order valence-corrected chi connectivity index (χ2v) is 8.72. The number of hydrogen-bond acceptors (Lipinski definition) is 4. The van der Waals surface area contributed by atoms with Crippen LogP contribution in [0.2, 0.25) is 10.0 Å². The van der Waals surface area contributed by atoms with Gasteiger partial charge in [0.05, 0.1) is 18.2 Å². The fraction of sp³-hybridized carbons (Fsp3) is 0.333. The SMILES string of the molecule is O=S(=O)(NCC(c1cccc(Cl)c1)N1CCOCC1)c1ccc(F)cc1Cl. The van der Waals surface area contributed by atoms with Gasteiger partial charge in [-0.15, -0.1) is 0 Å². The van der Waals surface area contributed by atoms with Crippen molar-refractivity contribution in [2.24, 2.45) is 0 Å². The zero-order chi connectivity index (χ0) is 19.4. The fourth-order valence-electron chi connectivity index (χ4n) is 3.02. The molecule has 1 aliphatic heterocycles. The molecule has 1 fully saturated rings. The number of halogens is 3. The Morgan fingerprint density at radius 3 is 2.56 bits per heavy atom. The minimum Gasteiger partial charge on any atom is -0.379 e. The standard InChI is InChI=1S/C18H19Cl2FN2O3S/c19-14-3-1-2-13(10-14)17(23-6-8-26-9-7-23)12-22-27(24,25)18-5-4-15(21)11-16(18)20/h1-5,10-11,17,22H,6-9,12H2. The van der Waals surface area contributed by atoms with Gasteiger partial charge in [0.25, 0.3) is 0 Å². The first kappa shape index (κ1) is 20.5. The van der Waals surface area contributed by atoms with E-state index in [1.165, 1.54) is 0 Å². The van der Waals surface area contributed by atoms with Crippen molar-refractivity contribution in [2.75, 3.05) is 32.8 Å². The molecule has 5 nitrogen and oxygen atoms in total. The van der Waals surface area contributed by atoms with Crippen LogP contribution in [0.15, 0.2) is 47.4 Å². The normalized spacial score (nSPS) is 17.0. The summed E-state index contributed by atoms with van der Waals surface area (Å²) < 4.78 is 46.5. The monoisotopic (exact) mass is 432 g/mol. The molecule has 1 aliphatic rings. The van der Waals surface area contributed by atoms with Gasteiger partial charge in [-0.3, -0.25) is 4.90 Å². The number of rotatable bonds is 6. The molecule has 3 rings (SSSR count). The predicted octanol–water partition coefficient (Wildman–Crippen LogP) is 3.48. The van der Waals surface area contributed by atoms with Crippen LogP contribution in [0, 0.1) is 5.82 Å².